The van der Waals surface area contributed by atoms with Crippen molar-refractivity contribution in [2.24, 2.45) is 0 Å². The summed E-state index contributed by atoms with van der Waals surface area (Å²) in [6, 6.07) is 11.1. The summed E-state index contributed by atoms with van der Waals surface area (Å²) in [6.45, 7) is 4.20. The number of aliphatic hydroxyl groups is 1. The SMILES string of the molecule is CCOC(=O)Nc1cc(NCC(O)CN(C)c2ccccc2)c(N)c(NC(=O)OCC)n1. The molecule has 0 saturated heterocycles. The normalized spacial score (nSPS) is 11.2. The fourth-order valence-corrected chi connectivity index (χ4v) is 2.79. The molecule has 0 spiro atoms. The molecule has 2 amide bonds. The van der Waals surface area contributed by atoms with Crippen LogP contribution in [0.5, 0.6) is 0 Å². The number of hydrogen-bond acceptors (Lipinski definition) is 9. The van der Waals surface area contributed by atoms with Gasteiger partial charge in [-0.15, -0.1) is 0 Å². The molecule has 6 N–H and O–H groups in total. The van der Waals surface area contributed by atoms with Crippen LogP contribution in [0.2, 0.25) is 0 Å². The zero-order valence-corrected chi connectivity index (χ0v) is 18.4. The number of aromatic nitrogens is 1. The van der Waals surface area contributed by atoms with Gasteiger partial charge in [-0.2, -0.15) is 0 Å². The maximum atomic E-state index is 11.8. The Labute approximate surface area is 186 Å². The van der Waals surface area contributed by atoms with E-state index in [-0.39, 0.29) is 37.1 Å². The van der Waals surface area contributed by atoms with Crippen molar-refractivity contribution in [1.29, 1.82) is 0 Å². The number of para-hydroxylation sites is 1. The average molecular weight is 447 g/mol. The molecule has 11 heteroatoms. The van der Waals surface area contributed by atoms with Gasteiger partial charge in [-0.1, -0.05) is 18.2 Å². The Hall–Kier alpha value is -3.73. The fourth-order valence-electron chi connectivity index (χ4n) is 2.79. The molecule has 1 atom stereocenters. The van der Waals surface area contributed by atoms with E-state index in [9.17, 15) is 14.7 Å². The number of carbonyl (C=O) groups is 2. The molecule has 0 radical (unpaired) electrons. The lowest BCUT2D eigenvalue weighted by Crippen LogP contribution is -2.33. The Morgan fingerprint density at radius 3 is 2.38 bits per heavy atom. The largest absolute Gasteiger partial charge is 0.450 e. The molecular weight excluding hydrogens is 416 g/mol. The van der Waals surface area contributed by atoms with Crippen LogP contribution in [0.15, 0.2) is 36.4 Å². The van der Waals surface area contributed by atoms with E-state index in [1.165, 1.54) is 6.07 Å². The van der Waals surface area contributed by atoms with Crippen LogP contribution in [0, 0.1) is 0 Å². The number of benzene rings is 1. The predicted molar refractivity (Wildman–Crippen MR) is 124 cm³/mol. The molecule has 1 heterocycles. The summed E-state index contributed by atoms with van der Waals surface area (Å²) in [5.41, 5.74) is 7.59. The van der Waals surface area contributed by atoms with Crippen molar-refractivity contribution in [2.45, 2.75) is 20.0 Å². The van der Waals surface area contributed by atoms with E-state index in [1.54, 1.807) is 13.8 Å². The maximum Gasteiger partial charge on any atom is 0.412 e. The minimum atomic E-state index is -0.740. The van der Waals surface area contributed by atoms with E-state index in [0.29, 0.717) is 12.2 Å². The van der Waals surface area contributed by atoms with Gasteiger partial charge in [0, 0.05) is 31.9 Å². The van der Waals surface area contributed by atoms with Gasteiger partial charge in [0.2, 0.25) is 0 Å². The summed E-state index contributed by atoms with van der Waals surface area (Å²) in [7, 11) is 1.88. The van der Waals surface area contributed by atoms with Crippen molar-refractivity contribution in [1.82, 2.24) is 4.98 Å². The molecule has 1 aromatic heterocycles. The molecule has 0 aliphatic carbocycles. The summed E-state index contributed by atoms with van der Waals surface area (Å²) < 4.78 is 9.72. The number of likely N-dealkylation sites (N-methyl/N-ethyl adjacent to an activating group) is 1. The van der Waals surface area contributed by atoms with Crippen molar-refractivity contribution in [3.8, 4) is 0 Å². The third-order valence-corrected chi connectivity index (χ3v) is 4.27. The number of nitrogens with one attached hydrogen (secondary N) is 3. The summed E-state index contributed by atoms with van der Waals surface area (Å²) in [5, 5.41) is 18.4. The highest BCUT2D eigenvalue weighted by atomic mass is 16.6. The number of aliphatic hydroxyl groups excluding tert-OH is 1. The Kier molecular flexibility index (Phi) is 9.36. The molecule has 2 aromatic rings. The highest BCUT2D eigenvalue weighted by Gasteiger charge is 2.16. The number of pyridine rings is 1. The zero-order valence-electron chi connectivity index (χ0n) is 18.4. The van der Waals surface area contributed by atoms with Crippen molar-refractivity contribution in [3.05, 3.63) is 36.4 Å². The molecule has 174 valence electrons. The van der Waals surface area contributed by atoms with Gasteiger partial charge >= 0.3 is 12.2 Å². The molecule has 1 unspecified atom stereocenters. The van der Waals surface area contributed by atoms with Crippen LogP contribution in [0.1, 0.15) is 13.8 Å². The van der Waals surface area contributed by atoms with Gasteiger partial charge in [0.05, 0.1) is 30.7 Å². The number of nitrogen functional groups attached to an aromatic ring is 1. The van der Waals surface area contributed by atoms with Crippen LogP contribution in [0.3, 0.4) is 0 Å². The van der Waals surface area contributed by atoms with Crippen molar-refractivity contribution >= 4 is 40.9 Å². The third-order valence-electron chi connectivity index (χ3n) is 4.27. The average Bonchev–Trinajstić information content (AvgIpc) is 2.75. The Balaban J connectivity index is 2.13. The highest BCUT2D eigenvalue weighted by molar-refractivity contribution is 5.93. The molecule has 11 nitrogen and oxygen atoms in total. The van der Waals surface area contributed by atoms with Gasteiger partial charge in [0.25, 0.3) is 0 Å². The molecule has 32 heavy (non-hydrogen) atoms. The summed E-state index contributed by atoms with van der Waals surface area (Å²) >= 11 is 0. The second-order valence-electron chi connectivity index (χ2n) is 6.76. The number of nitrogens with zero attached hydrogens (tertiary/aromatic N) is 2. The lowest BCUT2D eigenvalue weighted by atomic mass is 10.2. The first-order valence-corrected chi connectivity index (χ1v) is 10.2. The molecule has 0 fully saturated rings. The number of hydrogen-bond donors (Lipinski definition) is 5. The first-order valence-electron chi connectivity index (χ1n) is 10.2. The molecule has 2 rings (SSSR count). The monoisotopic (exact) mass is 446 g/mol. The first kappa shape index (κ1) is 24.5. The van der Waals surface area contributed by atoms with Gasteiger partial charge in [-0.3, -0.25) is 10.6 Å². The molecule has 0 bridgehead atoms. The Morgan fingerprint density at radius 2 is 1.75 bits per heavy atom. The lowest BCUT2D eigenvalue weighted by molar-refractivity contribution is 0.167. The van der Waals surface area contributed by atoms with E-state index >= 15 is 0 Å². The van der Waals surface area contributed by atoms with Crippen molar-refractivity contribution in [3.63, 3.8) is 0 Å². The standard InChI is InChI=1S/C21H30N6O5/c1-4-31-20(29)25-17-11-16(18(22)19(24-17)26-21(30)32-5-2)23-12-15(28)13-27(3)14-9-7-6-8-10-14/h6-11,15,28H,4-5,12-13,22H2,1-3H3,(H3,23,24,25,26,29,30). The highest BCUT2D eigenvalue weighted by Crippen LogP contribution is 2.29. The van der Waals surface area contributed by atoms with E-state index in [0.717, 1.165) is 5.69 Å². The quantitative estimate of drug-likeness (QED) is 0.371. The van der Waals surface area contributed by atoms with E-state index < -0.39 is 18.3 Å². The second-order valence-corrected chi connectivity index (χ2v) is 6.76. The summed E-state index contributed by atoms with van der Waals surface area (Å²) in [6.07, 6.45) is -2.19. The van der Waals surface area contributed by atoms with Crippen LogP contribution < -0.4 is 26.6 Å². The van der Waals surface area contributed by atoms with E-state index in [4.69, 9.17) is 15.2 Å². The maximum absolute atomic E-state index is 11.8. The van der Waals surface area contributed by atoms with Crippen LogP contribution in [-0.4, -0.2) is 61.7 Å². The van der Waals surface area contributed by atoms with Gasteiger partial charge in [-0.05, 0) is 26.0 Å². The van der Waals surface area contributed by atoms with Crippen molar-refractivity contribution < 1.29 is 24.2 Å². The van der Waals surface area contributed by atoms with Gasteiger partial charge < -0.3 is 30.5 Å². The topological polar surface area (TPSA) is 151 Å². The van der Waals surface area contributed by atoms with Gasteiger partial charge in [0.15, 0.2) is 5.82 Å². The molecule has 1 aromatic carbocycles. The number of ether oxygens (including phenoxy) is 2. The zero-order chi connectivity index (χ0) is 23.5. The molecular formula is C21H30N6O5. The van der Waals surface area contributed by atoms with Gasteiger partial charge in [0.1, 0.15) is 5.82 Å². The lowest BCUT2D eigenvalue weighted by Gasteiger charge is -2.23. The van der Waals surface area contributed by atoms with Crippen LogP contribution in [0.4, 0.5) is 38.3 Å². The minimum absolute atomic E-state index is 0.00357. The third kappa shape index (κ3) is 7.51. The van der Waals surface area contributed by atoms with Crippen LogP contribution >= 0.6 is 0 Å². The fraction of sp³-hybridized carbons (Fsp3) is 0.381. The number of carbonyl (C=O) groups excluding carboxylic acids is 2. The van der Waals surface area contributed by atoms with Gasteiger partial charge in [-0.25, -0.2) is 14.6 Å². The Morgan fingerprint density at radius 1 is 1.12 bits per heavy atom. The van der Waals surface area contributed by atoms with E-state index in [2.05, 4.69) is 20.9 Å². The molecule has 0 aliphatic rings. The number of anilines is 5. The number of nitrogens with two attached hydrogens (primary N) is 1. The summed E-state index contributed by atoms with van der Waals surface area (Å²) in [5.74, 6) is 0.0963. The van der Waals surface area contributed by atoms with E-state index in [1.807, 2.05) is 42.3 Å². The predicted octanol–water partition coefficient (Wildman–Crippen LogP) is 2.71. The molecule has 0 saturated carbocycles. The van der Waals surface area contributed by atoms with Crippen LogP contribution in [-0.2, 0) is 9.47 Å². The Bertz CT molecular complexity index is 896. The first-order chi connectivity index (χ1) is 15.3. The number of amides is 2. The smallest absolute Gasteiger partial charge is 0.412 e. The van der Waals surface area contributed by atoms with Crippen molar-refractivity contribution in [2.75, 3.05) is 59.9 Å². The molecule has 0 aliphatic heterocycles. The second kappa shape index (κ2) is 12.2. The minimum Gasteiger partial charge on any atom is -0.450 e. The summed E-state index contributed by atoms with van der Waals surface area (Å²) in [4.78, 5) is 29.7. The number of rotatable bonds is 10. The van der Waals surface area contributed by atoms with Crippen LogP contribution in [0.25, 0.3) is 0 Å².